The maximum absolute atomic E-state index is 4.08. The lowest BCUT2D eigenvalue weighted by Crippen LogP contribution is -2.49. The van der Waals surface area contributed by atoms with Crippen molar-refractivity contribution in [3.05, 3.63) is 22.4 Å². The first-order chi connectivity index (χ1) is 8.89. The Morgan fingerprint density at radius 3 is 2.39 bits per heavy atom. The van der Waals surface area contributed by atoms with Crippen molar-refractivity contribution in [1.29, 1.82) is 0 Å². The van der Waals surface area contributed by atoms with E-state index >= 15 is 0 Å². The smallest absolute Gasteiger partial charge is 0.0530 e. The van der Waals surface area contributed by atoms with Crippen LogP contribution in [0.15, 0.2) is 17.5 Å². The Kier molecular flexibility index (Phi) is 4.05. The van der Waals surface area contributed by atoms with Crippen LogP contribution >= 0.6 is 11.3 Å². The molecule has 0 saturated heterocycles. The van der Waals surface area contributed by atoms with Crippen molar-refractivity contribution in [3.8, 4) is 0 Å². The van der Waals surface area contributed by atoms with Crippen LogP contribution in [0.4, 0.5) is 0 Å². The molecule has 1 N–H and O–H groups in total. The van der Waals surface area contributed by atoms with Crippen molar-refractivity contribution in [3.63, 3.8) is 0 Å². The highest BCUT2D eigenvalue weighted by molar-refractivity contribution is 7.10. The molecule has 0 spiro atoms. The number of rotatable bonds is 3. The maximum atomic E-state index is 4.08. The number of thiophene rings is 1. The van der Waals surface area contributed by atoms with Crippen LogP contribution in [0.3, 0.4) is 0 Å². The molecule has 2 aliphatic carbocycles. The van der Waals surface area contributed by atoms with Gasteiger partial charge in [-0.1, -0.05) is 44.6 Å². The third kappa shape index (κ3) is 2.65. The van der Waals surface area contributed by atoms with Gasteiger partial charge in [-0.2, -0.15) is 0 Å². The van der Waals surface area contributed by atoms with Gasteiger partial charge >= 0.3 is 0 Å². The minimum Gasteiger partial charge on any atom is -0.304 e. The first kappa shape index (κ1) is 12.7. The molecular weight excluding hydrogens is 238 g/mol. The molecule has 1 nitrogen and oxygen atoms in total. The number of nitrogens with one attached hydrogen (secondary N) is 1. The Morgan fingerprint density at radius 1 is 1.00 bits per heavy atom. The van der Waals surface area contributed by atoms with Crippen molar-refractivity contribution in [2.24, 2.45) is 0 Å². The molecule has 0 aromatic carbocycles. The van der Waals surface area contributed by atoms with E-state index in [2.05, 4.69) is 22.8 Å². The topological polar surface area (TPSA) is 12.0 Å². The first-order valence-electron chi connectivity index (χ1n) is 7.71. The van der Waals surface area contributed by atoms with Crippen molar-refractivity contribution < 1.29 is 0 Å². The third-order valence-electron chi connectivity index (χ3n) is 4.79. The number of hydrogen-bond donors (Lipinski definition) is 1. The zero-order chi connectivity index (χ0) is 12.3. The van der Waals surface area contributed by atoms with Gasteiger partial charge in [-0.05, 0) is 37.1 Å². The molecule has 3 rings (SSSR count). The molecule has 0 aliphatic heterocycles. The quantitative estimate of drug-likeness (QED) is 0.823. The van der Waals surface area contributed by atoms with Gasteiger partial charge in [0.15, 0.2) is 0 Å². The van der Waals surface area contributed by atoms with E-state index in [-0.39, 0.29) is 0 Å². The molecule has 2 heteroatoms. The standard InChI is InChI=1S/C16H25NS/c1-3-8-14(9-4-1)17-16(11-5-2-6-12-16)15-10-7-13-18-15/h7,10,13-14,17H,1-6,8-9,11-12H2. The van der Waals surface area contributed by atoms with Gasteiger partial charge in [-0.15, -0.1) is 11.3 Å². The van der Waals surface area contributed by atoms with Gasteiger partial charge in [0.1, 0.15) is 0 Å². The van der Waals surface area contributed by atoms with E-state index in [1.807, 2.05) is 11.3 Å². The summed E-state index contributed by atoms with van der Waals surface area (Å²) in [4.78, 5) is 1.59. The molecule has 100 valence electrons. The fourth-order valence-corrected chi connectivity index (χ4v) is 4.76. The van der Waals surface area contributed by atoms with Crippen LogP contribution < -0.4 is 5.32 Å². The second-order valence-corrected chi connectivity index (χ2v) is 7.05. The summed E-state index contributed by atoms with van der Waals surface area (Å²) in [6.07, 6.45) is 14.0. The second kappa shape index (κ2) is 5.75. The highest BCUT2D eigenvalue weighted by Crippen LogP contribution is 2.40. The number of hydrogen-bond acceptors (Lipinski definition) is 2. The van der Waals surface area contributed by atoms with E-state index in [0.717, 1.165) is 6.04 Å². The van der Waals surface area contributed by atoms with Crippen LogP contribution in [-0.2, 0) is 5.54 Å². The molecule has 0 bridgehead atoms. The predicted molar refractivity (Wildman–Crippen MR) is 79.1 cm³/mol. The van der Waals surface area contributed by atoms with Crippen LogP contribution in [0.25, 0.3) is 0 Å². The Morgan fingerprint density at radius 2 is 1.72 bits per heavy atom. The van der Waals surface area contributed by atoms with Gasteiger partial charge in [0.25, 0.3) is 0 Å². The molecule has 2 saturated carbocycles. The van der Waals surface area contributed by atoms with Gasteiger partial charge in [0, 0.05) is 10.9 Å². The fraction of sp³-hybridized carbons (Fsp3) is 0.750. The van der Waals surface area contributed by atoms with Crippen LogP contribution in [0.2, 0.25) is 0 Å². The summed E-state index contributed by atoms with van der Waals surface area (Å²) in [5, 5.41) is 6.33. The lowest BCUT2D eigenvalue weighted by molar-refractivity contribution is 0.191. The lowest BCUT2D eigenvalue weighted by Gasteiger charge is -2.41. The van der Waals surface area contributed by atoms with Crippen molar-refractivity contribution in [2.75, 3.05) is 0 Å². The van der Waals surface area contributed by atoms with E-state index in [1.54, 1.807) is 4.88 Å². The molecule has 0 unspecified atom stereocenters. The fourth-order valence-electron chi connectivity index (χ4n) is 3.81. The van der Waals surface area contributed by atoms with E-state index < -0.39 is 0 Å². The van der Waals surface area contributed by atoms with Crippen molar-refractivity contribution >= 4 is 11.3 Å². The summed E-state index contributed by atoms with van der Waals surface area (Å²) in [5.41, 5.74) is 0.328. The second-order valence-electron chi connectivity index (χ2n) is 6.10. The summed E-state index contributed by atoms with van der Waals surface area (Å²) >= 11 is 1.95. The normalized spacial score (nSPS) is 25.1. The first-order valence-corrected chi connectivity index (χ1v) is 8.59. The van der Waals surface area contributed by atoms with Gasteiger partial charge in [-0.3, -0.25) is 0 Å². The Hall–Kier alpha value is -0.340. The zero-order valence-corrected chi connectivity index (χ0v) is 12.1. The predicted octanol–water partition coefficient (Wildman–Crippen LogP) is 4.83. The largest absolute Gasteiger partial charge is 0.304 e. The average Bonchev–Trinajstić information content (AvgIpc) is 2.95. The molecule has 0 amide bonds. The van der Waals surface area contributed by atoms with E-state index in [9.17, 15) is 0 Å². The Balaban J connectivity index is 1.76. The monoisotopic (exact) mass is 263 g/mol. The van der Waals surface area contributed by atoms with Crippen LogP contribution in [0.1, 0.15) is 69.1 Å². The highest BCUT2D eigenvalue weighted by atomic mass is 32.1. The van der Waals surface area contributed by atoms with E-state index in [1.165, 1.54) is 64.2 Å². The van der Waals surface area contributed by atoms with Gasteiger partial charge in [0.2, 0.25) is 0 Å². The molecule has 0 radical (unpaired) electrons. The van der Waals surface area contributed by atoms with Gasteiger partial charge < -0.3 is 5.32 Å². The Labute approximate surface area is 115 Å². The summed E-state index contributed by atoms with van der Waals surface area (Å²) in [7, 11) is 0. The molecule has 1 aromatic heterocycles. The van der Waals surface area contributed by atoms with Crippen LogP contribution in [0.5, 0.6) is 0 Å². The maximum Gasteiger partial charge on any atom is 0.0530 e. The SMILES string of the molecule is c1csc(C2(NC3CCCCC3)CCCCC2)c1. The van der Waals surface area contributed by atoms with Gasteiger partial charge in [0.05, 0.1) is 5.54 Å². The summed E-state index contributed by atoms with van der Waals surface area (Å²) in [6.45, 7) is 0. The summed E-state index contributed by atoms with van der Waals surface area (Å²) in [6, 6.07) is 5.35. The van der Waals surface area contributed by atoms with Gasteiger partial charge in [-0.25, -0.2) is 0 Å². The minimum absolute atomic E-state index is 0.328. The summed E-state index contributed by atoms with van der Waals surface area (Å²) in [5.74, 6) is 0. The average molecular weight is 263 g/mol. The molecule has 1 heterocycles. The Bertz CT molecular complexity index is 345. The third-order valence-corrected chi connectivity index (χ3v) is 5.86. The van der Waals surface area contributed by atoms with Crippen LogP contribution in [-0.4, -0.2) is 6.04 Å². The molecular formula is C16H25NS. The molecule has 1 aromatic rings. The highest BCUT2D eigenvalue weighted by Gasteiger charge is 2.36. The van der Waals surface area contributed by atoms with Crippen molar-refractivity contribution in [1.82, 2.24) is 5.32 Å². The zero-order valence-electron chi connectivity index (χ0n) is 11.3. The molecule has 0 atom stereocenters. The van der Waals surface area contributed by atoms with Crippen LogP contribution in [0, 0.1) is 0 Å². The molecule has 2 fully saturated rings. The van der Waals surface area contributed by atoms with E-state index in [0.29, 0.717) is 5.54 Å². The van der Waals surface area contributed by atoms with E-state index in [4.69, 9.17) is 0 Å². The minimum atomic E-state index is 0.328. The molecule has 18 heavy (non-hydrogen) atoms. The summed E-state index contributed by atoms with van der Waals surface area (Å²) < 4.78 is 0. The molecule has 2 aliphatic rings. The van der Waals surface area contributed by atoms with Crippen molar-refractivity contribution in [2.45, 2.75) is 75.8 Å². The lowest BCUT2D eigenvalue weighted by atomic mass is 9.79.